The highest BCUT2D eigenvalue weighted by Crippen LogP contribution is 2.89. The average Bonchev–Trinajstić information content (AvgIpc) is 4.12. The van der Waals surface area contributed by atoms with Crippen molar-refractivity contribution < 1.29 is 31.1 Å². The fourth-order valence-electron chi connectivity index (χ4n) is 22.5. The average molecular weight is 859 g/mol. The summed E-state index contributed by atoms with van der Waals surface area (Å²) in [6.07, 6.45) is 8.04. The van der Waals surface area contributed by atoms with Crippen LogP contribution in [-0.2, 0) is 25.2 Å². The minimum atomic E-state index is -5.07. The van der Waals surface area contributed by atoms with E-state index in [1.54, 1.807) is 33.4 Å². The summed E-state index contributed by atoms with van der Waals surface area (Å²) in [5.41, 5.74) is 17.1. The number of carbonyl (C=O) groups excluding carboxylic acids is 1. The van der Waals surface area contributed by atoms with Crippen LogP contribution < -0.4 is 0 Å². The van der Waals surface area contributed by atoms with Gasteiger partial charge in [0.15, 0.2) is 0 Å². The highest BCUT2D eigenvalue weighted by molar-refractivity contribution is 6.08. The zero-order valence-corrected chi connectivity index (χ0v) is 34.5. The van der Waals surface area contributed by atoms with E-state index in [0.29, 0.717) is 72.1 Å². The van der Waals surface area contributed by atoms with E-state index in [2.05, 4.69) is 24.3 Å². The summed E-state index contributed by atoms with van der Waals surface area (Å²) in [5, 5.41) is 0. The topological polar surface area (TPSA) is 42.9 Å². The molecule has 318 valence electrons. The Kier molecular flexibility index (Phi) is 5.18. The minimum Gasteiger partial charge on any atom is -0.287 e. The number of carbonyl (C=O) groups is 1. The van der Waals surface area contributed by atoms with Gasteiger partial charge >= 0.3 is 12.4 Å². The Balaban J connectivity index is 0.841. The van der Waals surface area contributed by atoms with Gasteiger partial charge in [0, 0.05) is 42.1 Å². The maximum absolute atomic E-state index is 14.0. The molecular weight excluding hydrogens is 819 g/mol. The van der Waals surface area contributed by atoms with Crippen LogP contribution in [0.4, 0.5) is 26.3 Å². The van der Waals surface area contributed by atoms with E-state index in [9.17, 15) is 31.1 Å². The number of ketones is 1. The van der Waals surface area contributed by atoms with Gasteiger partial charge in [-0.2, -0.15) is 26.3 Å². The van der Waals surface area contributed by atoms with E-state index in [0.717, 1.165) is 82.6 Å². The van der Waals surface area contributed by atoms with Gasteiger partial charge in [-0.1, -0.05) is 41.0 Å². The Hall–Kier alpha value is -4.53. The number of benzene rings is 1. The second kappa shape index (κ2) is 9.79. The molecule has 8 fully saturated rings. The largest absolute Gasteiger partial charge is 0.416 e. The zero-order chi connectivity index (χ0) is 41.8. The second-order valence-corrected chi connectivity index (χ2v) is 23.6. The highest BCUT2D eigenvalue weighted by Gasteiger charge is 2.83. The number of rotatable bonds is 2. The Labute approximate surface area is 364 Å². The van der Waals surface area contributed by atoms with E-state index < -0.39 is 34.8 Å². The lowest BCUT2D eigenvalue weighted by atomic mass is 9.43. The molecular formula is C55H40F6N2O. The summed E-state index contributed by atoms with van der Waals surface area (Å²) in [6, 6.07) is 1.08. The van der Waals surface area contributed by atoms with Crippen molar-refractivity contribution in [3.8, 4) is 0 Å². The quantitative estimate of drug-likeness (QED) is 0.172. The molecule has 1 aromatic heterocycles. The lowest BCUT2D eigenvalue weighted by Gasteiger charge is -2.60. The van der Waals surface area contributed by atoms with Crippen molar-refractivity contribution in [2.45, 2.75) is 50.9 Å². The number of aromatic nitrogens is 2. The van der Waals surface area contributed by atoms with Gasteiger partial charge in [0.05, 0.1) is 28.7 Å². The molecule has 17 aliphatic carbocycles. The van der Waals surface area contributed by atoms with Crippen LogP contribution in [-0.4, -0.2) is 15.8 Å². The molecule has 1 heterocycles. The van der Waals surface area contributed by atoms with Crippen molar-refractivity contribution >= 4 is 5.78 Å². The molecule has 20 atom stereocenters. The number of hydrogen-bond acceptors (Lipinski definition) is 3. The maximum Gasteiger partial charge on any atom is 0.416 e. The van der Waals surface area contributed by atoms with Gasteiger partial charge < -0.3 is 0 Å². The molecule has 1 aromatic carbocycles. The molecule has 0 aliphatic heterocycles. The minimum absolute atomic E-state index is 0.0615. The van der Waals surface area contributed by atoms with Crippen molar-refractivity contribution in [2.24, 2.45) is 118 Å². The number of nitrogens with zero attached hydrogens (tertiary/aromatic N) is 2. The first-order valence-electron chi connectivity index (χ1n) is 24.4. The molecule has 64 heavy (non-hydrogen) atoms. The molecule has 20 unspecified atom stereocenters. The van der Waals surface area contributed by atoms with Crippen LogP contribution in [0.25, 0.3) is 0 Å². The van der Waals surface area contributed by atoms with Crippen LogP contribution >= 0.6 is 0 Å². The second-order valence-electron chi connectivity index (χ2n) is 23.6. The molecule has 3 nitrogen and oxygen atoms in total. The van der Waals surface area contributed by atoms with Crippen molar-refractivity contribution in [3.05, 3.63) is 149 Å². The predicted octanol–water partition coefficient (Wildman–Crippen LogP) is 10.8. The third-order valence-corrected chi connectivity index (χ3v) is 22.9. The molecule has 19 rings (SSSR count). The highest BCUT2D eigenvalue weighted by atomic mass is 19.4. The summed E-state index contributed by atoms with van der Waals surface area (Å²) >= 11 is 0. The number of allylic oxidation sites excluding steroid dienone is 16. The van der Waals surface area contributed by atoms with Crippen LogP contribution in [0, 0.1) is 118 Å². The molecule has 0 radical (unpaired) electrons. The van der Waals surface area contributed by atoms with Crippen LogP contribution in [0.15, 0.2) is 116 Å². The van der Waals surface area contributed by atoms with Crippen LogP contribution in [0.2, 0.25) is 0 Å². The molecule has 0 amide bonds. The lowest BCUT2D eigenvalue weighted by molar-refractivity contribution is -0.143. The maximum atomic E-state index is 14.0. The smallest absolute Gasteiger partial charge is 0.287 e. The predicted molar refractivity (Wildman–Crippen MR) is 218 cm³/mol. The van der Waals surface area contributed by atoms with Crippen LogP contribution in [0.1, 0.15) is 64.2 Å². The Morgan fingerprint density at radius 1 is 0.594 bits per heavy atom. The lowest BCUT2D eigenvalue weighted by Crippen LogP contribution is -2.57. The van der Waals surface area contributed by atoms with Gasteiger partial charge in [0.1, 0.15) is 5.69 Å². The standard InChI is InChI=1S/C55H40F6N2O/c56-54(57,58)16-9-15(10-17(11-16)55(59,60)61)53(64)30-14-62-28-12-26-27(13-29(28)63-30)32-25-8-6-23-21-4-2-19-18-1-3-20-22-5-7-24-31(26)41-42(32)47-40(25)38(23)45-36(21)34(19)43-33(18)35(20)44-37(22)39(24)46(41)51-49(44)48(43)50(45)52(47)51/h2,4,6,8-11,14,18-20,22,33-39,41-44,46,48-49,51-52H,1,3,5,7,12-13H2. The molecule has 0 bridgehead atoms. The molecule has 0 N–H and O–H groups in total. The number of fused-ring (bicyclic) bond motifs is 5. The van der Waals surface area contributed by atoms with Gasteiger partial charge in [-0.3, -0.25) is 9.78 Å². The Morgan fingerprint density at radius 2 is 1.34 bits per heavy atom. The van der Waals surface area contributed by atoms with E-state index in [1.807, 2.05) is 11.1 Å². The summed E-state index contributed by atoms with van der Waals surface area (Å²) in [4.78, 5) is 23.7. The molecule has 9 heteroatoms. The van der Waals surface area contributed by atoms with Gasteiger partial charge in [0.25, 0.3) is 0 Å². The van der Waals surface area contributed by atoms with Crippen molar-refractivity contribution in [2.75, 3.05) is 0 Å². The summed E-state index contributed by atoms with van der Waals surface area (Å²) in [7, 11) is 0. The third-order valence-electron chi connectivity index (χ3n) is 22.9. The summed E-state index contributed by atoms with van der Waals surface area (Å²) in [5.74, 6) is 13.4. The number of hydrogen-bond donors (Lipinski definition) is 0. The Morgan fingerprint density at radius 3 is 2.17 bits per heavy atom. The fraction of sp³-hybridized carbons (Fsp3) is 0.509. The third kappa shape index (κ3) is 3.17. The first kappa shape index (κ1) is 33.9. The van der Waals surface area contributed by atoms with E-state index in [-0.39, 0.29) is 11.8 Å². The van der Waals surface area contributed by atoms with E-state index in [4.69, 9.17) is 9.97 Å². The SMILES string of the molecule is O=C(c1cc(C(F)(F)F)cc(C(F)(F)F)c1)c1cnc2c(n1)CC1=C(C2)C2=C3CCC4C5CCC6C7C=CC8=C9C=CC%10=C1C1C%11=C%10C9C9=C%10C%11C%11C(C21)C3C4C1C5C6C(C%10C%111)C7C89. The van der Waals surface area contributed by atoms with Gasteiger partial charge in [-0.25, -0.2) is 4.98 Å². The molecule has 2 aromatic rings. The van der Waals surface area contributed by atoms with Crippen LogP contribution in [0.3, 0.4) is 0 Å². The zero-order valence-electron chi connectivity index (χ0n) is 34.5. The summed E-state index contributed by atoms with van der Waals surface area (Å²) in [6.45, 7) is 0. The Bertz CT molecular complexity index is 3130. The normalized spacial score (nSPS) is 48.3. The molecule has 0 spiro atoms. The monoisotopic (exact) mass is 858 g/mol. The van der Waals surface area contributed by atoms with Crippen LogP contribution in [0.5, 0.6) is 0 Å². The van der Waals surface area contributed by atoms with Crippen molar-refractivity contribution in [1.29, 1.82) is 0 Å². The van der Waals surface area contributed by atoms with Gasteiger partial charge in [-0.05, 0) is 189 Å². The van der Waals surface area contributed by atoms with E-state index in [1.165, 1.54) is 54.2 Å². The first-order chi connectivity index (χ1) is 31.0. The first-order valence-corrected chi connectivity index (χ1v) is 24.4. The summed E-state index contributed by atoms with van der Waals surface area (Å²) < 4.78 is 83.4. The van der Waals surface area contributed by atoms with Crippen molar-refractivity contribution in [1.82, 2.24) is 9.97 Å². The number of alkyl halides is 6. The molecule has 0 saturated heterocycles. The van der Waals surface area contributed by atoms with E-state index >= 15 is 0 Å². The molecule has 17 aliphatic rings. The fourth-order valence-corrected chi connectivity index (χ4v) is 22.5. The molecule has 8 saturated carbocycles. The van der Waals surface area contributed by atoms with Crippen molar-refractivity contribution in [3.63, 3.8) is 0 Å². The van der Waals surface area contributed by atoms with Gasteiger partial charge in [-0.15, -0.1) is 0 Å². The van der Waals surface area contributed by atoms with Gasteiger partial charge in [0.2, 0.25) is 5.78 Å². The number of halogens is 6.